The van der Waals surface area contributed by atoms with Gasteiger partial charge in [-0.25, -0.2) is 19.6 Å². The van der Waals surface area contributed by atoms with Gasteiger partial charge in [0.1, 0.15) is 11.0 Å². The van der Waals surface area contributed by atoms with Crippen LogP contribution in [-0.4, -0.2) is 67.8 Å². The average Bonchev–Trinajstić information content (AvgIpc) is 3.45. The van der Waals surface area contributed by atoms with Gasteiger partial charge in [0.15, 0.2) is 0 Å². The molecular weight excluding hydrogens is 570 g/mol. The van der Waals surface area contributed by atoms with Gasteiger partial charge in [0, 0.05) is 37.9 Å². The van der Waals surface area contributed by atoms with E-state index in [-0.39, 0.29) is 24.0 Å². The Kier molecular flexibility index (Phi) is 9.40. The number of halogens is 1. The Morgan fingerprint density at radius 2 is 1.33 bits per heavy atom. The minimum Gasteiger partial charge on any atom is -0.462 e. The Bertz CT molecular complexity index is 1530. The van der Waals surface area contributed by atoms with E-state index >= 15 is 0 Å². The van der Waals surface area contributed by atoms with Crippen molar-refractivity contribution in [2.24, 2.45) is 11.8 Å². The van der Waals surface area contributed by atoms with Crippen LogP contribution in [-0.2, 0) is 9.47 Å². The number of rotatable bonds is 9. The molecular formula is C31H36ClN7O4. The summed E-state index contributed by atoms with van der Waals surface area (Å²) in [5.74, 6) is 2.16. The van der Waals surface area contributed by atoms with Crippen LogP contribution in [0.5, 0.6) is 0 Å². The molecule has 43 heavy (non-hydrogen) atoms. The van der Waals surface area contributed by atoms with Gasteiger partial charge in [-0.15, -0.1) is 0 Å². The number of carbonyl (C=O) groups is 2. The Labute approximate surface area is 255 Å². The molecule has 12 heteroatoms. The second-order valence-electron chi connectivity index (χ2n) is 10.7. The number of piperidine rings is 1. The summed E-state index contributed by atoms with van der Waals surface area (Å²) in [4.78, 5) is 34.3. The topological polar surface area (TPSA) is 117 Å². The van der Waals surface area contributed by atoms with Gasteiger partial charge < -0.3 is 14.4 Å². The molecule has 11 nitrogen and oxygen atoms in total. The molecule has 0 spiro atoms. The highest BCUT2D eigenvalue weighted by molar-refractivity contribution is 6.29. The second kappa shape index (κ2) is 13.4. The Balaban J connectivity index is 0.000000177. The van der Waals surface area contributed by atoms with E-state index in [1.165, 1.54) is 12.6 Å². The van der Waals surface area contributed by atoms with E-state index < -0.39 is 0 Å². The van der Waals surface area contributed by atoms with Gasteiger partial charge in [-0.05, 0) is 69.2 Å². The first kappa shape index (κ1) is 30.2. The van der Waals surface area contributed by atoms with Crippen LogP contribution in [0.4, 0.5) is 5.82 Å². The summed E-state index contributed by atoms with van der Waals surface area (Å²) >= 11 is 5.75. The zero-order chi connectivity index (χ0) is 30.5. The van der Waals surface area contributed by atoms with Gasteiger partial charge in [0.25, 0.3) is 0 Å². The standard InChI is InChI=1S/C18H22N4O2.C13H14ClN3O2/c1-3-24-18(23)16-8-20-22(11-16)12(2)13-4-5-17(19-7-13)21-9-14-6-15(14)10-21;1-3-19-13(18)11-7-16-17(8-11)9(2)10-4-5-12(14)15-6-10/h4-5,7-8,11-12,14-15H,3,6,9-10H2,1-2H3;4-9H,3H2,1-2H3. The molecule has 0 radical (unpaired) electrons. The number of nitrogens with zero attached hydrogens (tertiary/aromatic N) is 7. The second-order valence-corrected chi connectivity index (χ2v) is 11.1. The summed E-state index contributed by atoms with van der Waals surface area (Å²) in [5.41, 5.74) is 2.95. The van der Waals surface area contributed by atoms with Crippen LogP contribution in [0.1, 0.15) is 78.0 Å². The normalized spacial score (nSPS) is 18.2. The van der Waals surface area contributed by atoms with Crippen molar-refractivity contribution in [1.29, 1.82) is 0 Å². The molecule has 1 saturated heterocycles. The molecule has 4 aromatic rings. The summed E-state index contributed by atoms with van der Waals surface area (Å²) < 4.78 is 13.4. The third-order valence-electron chi connectivity index (χ3n) is 7.81. The fourth-order valence-corrected chi connectivity index (χ4v) is 5.21. The lowest BCUT2D eigenvalue weighted by molar-refractivity contribution is 0.0516. The molecule has 5 heterocycles. The van der Waals surface area contributed by atoms with Crippen LogP contribution in [0, 0.1) is 11.8 Å². The van der Waals surface area contributed by atoms with Crippen LogP contribution in [0.2, 0.25) is 5.15 Å². The molecule has 226 valence electrons. The van der Waals surface area contributed by atoms with E-state index in [4.69, 9.17) is 21.1 Å². The maximum Gasteiger partial charge on any atom is 0.341 e. The van der Waals surface area contributed by atoms with Gasteiger partial charge in [-0.2, -0.15) is 10.2 Å². The van der Waals surface area contributed by atoms with Crippen molar-refractivity contribution in [2.45, 2.75) is 46.2 Å². The van der Waals surface area contributed by atoms with Crippen molar-refractivity contribution in [3.8, 4) is 0 Å². The van der Waals surface area contributed by atoms with Crippen molar-refractivity contribution < 1.29 is 19.1 Å². The van der Waals surface area contributed by atoms with Crippen LogP contribution < -0.4 is 4.90 Å². The third kappa shape index (κ3) is 7.22. The zero-order valence-corrected chi connectivity index (χ0v) is 25.5. The number of fused-ring (bicyclic) bond motifs is 1. The maximum absolute atomic E-state index is 11.7. The predicted octanol–water partition coefficient (Wildman–Crippen LogP) is 5.24. The zero-order valence-electron chi connectivity index (χ0n) is 24.8. The van der Waals surface area contributed by atoms with E-state index in [1.807, 2.05) is 26.1 Å². The van der Waals surface area contributed by atoms with Gasteiger partial charge in [0.05, 0.1) is 48.8 Å². The molecule has 0 bridgehead atoms. The molecule has 4 unspecified atom stereocenters. The number of ether oxygens (including phenoxy) is 2. The van der Waals surface area contributed by atoms with E-state index in [0.29, 0.717) is 29.5 Å². The maximum atomic E-state index is 11.7. The summed E-state index contributed by atoms with van der Waals surface area (Å²) in [6, 6.07) is 7.78. The molecule has 4 atom stereocenters. The number of pyridine rings is 2. The van der Waals surface area contributed by atoms with Crippen molar-refractivity contribution in [2.75, 3.05) is 31.2 Å². The van der Waals surface area contributed by atoms with E-state index in [1.54, 1.807) is 54.1 Å². The van der Waals surface area contributed by atoms with Crippen LogP contribution in [0.3, 0.4) is 0 Å². The number of hydrogen-bond acceptors (Lipinski definition) is 9. The lowest BCUT2D eigenvalue weighted by atomic mass is 10.1. The number of carbonyl (C=O) groups excluding carboxylic acids is 2. The van der Waals surface area contributed by atoms with Crippen molar-refractivity contribution in [3.05, 3.63) is 88.9 Å². The highest BCUT2D eigenvalue weighted by Gasteiger charge is 2.45. The highest BCUT2D eigenvalue weighted by Crippen LogP contribution is 2.45. The van der Waals surface area contributed by atoms with Gasteiger partial charge in [-0.1, -0.05) is 23.7 Å². The average molecular weight is 606 g/mol. The summed E-state index contributed by atoms with van der Waals surface area (Å²) in [7, 11) is 0. The lowest BCUT2D eigenvalue weighted by Gasteiger charge is -2.20. The summed E-state index contributed by atoms with van der Waals surface area (Å²) in [5, 5.41) is 8.91. The first-order chi connectivity index (χ1) is 20.8. The van der Waals surface area contributed by atoms with Gasteiger partial charge in [-0.3, -0.25) is 9.36 Å². The van der Waals surface area contributed by atoms with Crippen molar-refractivity contribution >= 4 is 29.4 Å². The van der Waals surface area contributed by atoms with Crippen LogP contribution >= 0.6 is 11.6 Å². The molecule has 2 fully saturated rings. The van der Waals surface area contributed by atoms with E-state index in [9.17, 15) is 9.59 Å². The minimum absolute atomic E-state index is 0.0155. The molecule has 1 aliphatic carbocycles. The number of esters is 2. The van der Waals surface area contributed by atoms with Crippen LogP contribution in [0.25, 0.3) is 0 Å². The van der Waals surface area contributed by atoms with Crippen molar-refractivity contribution in [1.82, 2.24) is 29.5 Å². The van der Waals surface area contributed by atoms with Gasteiger partial charge in [0.2, 0.25) is 0 Å². The molecule has 6 rings (SSSR count). The molecule has 0 aromatic carbocycles. The number of anilines is 1. The Morgan fingerprint density at radius 3 is 1.77 bits per heavy atom. The molecule has 0 N–H and O–H groups in total. The highest BCUT2D eigenvalue weighted by atomic mass is 35.5. The van der Waals surface area contributed by atoms with Crippen LogP contribution in [0.15, 0.2) is 61.4 Å². The number of aromatic nitrogens is 6. The Hall–Kier alpha value is -4.25. The lowest BCUT2D eigenvalue weighted by Crippen LogP contribution is -2.22. The van der Waals surface area contributed by atoms with E-state index in [2.05, 4.69) is 37.2 Å². The molecule has 1 saturated carbocycles. The summed E-state index contributed by atoms with van der Waals surface area (Å²) in [6.45, 7) is 10.6. The fraction of sp³-hybridized carbons (Fsp3) is 0.419. The predicted molar refractivity (Wildman–Crippen MR) is 161 cm³/mol. The smallest absolute Gasteiger partial charge is 0.341 e. The molecule has 2 aliphatic rings. The molecule has 4 aromatic heterocycles. The Morgan fingerprint density at radius 1 is 0.814 bits per heavy atom. The fourth-order valence-electron chi connectivity index (χ4n) is 5.10. The largest absolute Gasteiger partial charge is 0.462 e. The quantitative estimate of drug-likeness (QED) is 0.186. The minimum atomic E-state index is -0.366. The van der Waals surface area contributed by atoms with E-state index in [0.717, 1.165) is 41.9 Å². The first-order valence-corrected chi connectivity index (χ1v) is 14.9. The SMILES string of the molecule is CCOC(=O)c1cnn(C(C)c2ccc(Cl)nc2)c1.CCOC(=O)c1cnn(C(C)c2ccc(N3CC4CC4C3)nc2)c1. The molecule has 0 amide bonds. The summed E-state index contributed by atoms with van der Waals surface area (Å²) in [6.07, 6.45) is 11.4. The molecule has 1 aliphatic heterocycles. The monoisotopic (exact) mass is 605 g/mol. The number of hydrogen-bond donors (Lipinski definition) is 0. The van der Waals surface area contributed by atoms with Crippen molar-refractivity contribution in [3.63, 3.8) is 0 Å². The first-order valence-electron chi connectivity index (χ1n) is 14.5. The third-order valence-corrected chi connectivity index (χ3v) is 8.03. The van der Waals surface area contributed by atoms with Gasteiger partial charge >= 0.3 is 11.9 Å².